The van der Waals surface area contributed by atoms with E-state index in [4.69, 9.17) is 11.6 Å². The number of nitrogens with one attached hydrogen (secondary N) is 1. The number of fused-ring (bicyclic) bond motifs is 1. The monoisotopic (exact) mass is 284 g/mol. The van der Waals surface area contributed by atoms with Crippen LogP contribution in [-0.2, 0) is 0 Å². The minimum Gasteiger partial charge on any atom is -0.333 e. The summed E-state index contributed by atoms with van der Waals surface area (Å²) >= 11 is 7.44. The summed E-state index contributed by atoms with van der Waals surface area (Å²) in [5.41, 5.74) is 0.408. The molecular weight excluding hydrogens is 271 g/mol. The first kappa shape index (κ1) is 12.3. The quantitative estimate of drug-likeness (QED) is 0.837. The summed E-state index contributed by atoms with van der Waals surface area (Å²) in [6.45, 7) is 0. The summed E-state index contributed by atoms with van der Waals surface area (Å²) in [6.07, 6.45) is 3.70. The smallest absolute Gasteiger partial charge is 0.165 e. The number of hydrogen-bond acceptors (Lipinski definition) is 3. The molecule has 1 N–H and O–H groups in total. The van der Waals surface area contributed by atoms with Gasteiger partial charge in [0.2, 0.25) is 0 Å². The molecule has 96 valence electrons. The Morgan fingerprint density at radius 3 is 3.17 bits per heavy atom. The summed E-state index contributed by atoms with van der Waals surface area (Å²) in [4.78, 5) is 4.67. The van der Waals surface area contributed by atoms with Crippen LogP contribution in [0.5, 0.6) is 0 Å². The third-order valence-corrected chi connectivity index (χ3v) is 4.90. The van der Waals surface area contributed by atoms with Gasteiger partial charge < -0.3 is 5.32 Å². The van der Waals surface area contributed by atoms with Crippen LogP contribution in [0.4, 0.5) is 10.1 Å². The van der Waals surface area contributed by atoms with Gasteiger partial charge in [0.25, 0.3) is 0 Å². The van der Waals surface area contributed by atoms with E-state index in [1.165, 1.54) is 12.8 Å². The Bertz CT molecular complexity index is 492. The van der Waals surface area contributed by atoms with Crippen molar-refractivity contribution in [2.75, 3.05) is 11.1 Å². The Balaban J connectivity index is 1.78. The summed E-state index contributed by atoms with van der Waals surface area (Å²) in [6, 6.07) is 5.40. The maximum atomic E-state index is 13.8. The van der Waals surface area contributed by atoms with Gasteiger partial charge in [-0.2, -0.15) is 0 Å². The number of rotatable bonds is 1. The van der Waals surface area contributed by atoms with Gasteiger partial charge in [-0.25, -0.2) is 4.39 Å². The number of anilines is 1. The molecule has 1 aliphatic carbocycles. The molecule has 3 rings (SSSR count). The van der Waals surface area contributed by atoms with Crippen molar-refractivity contribution >= 4 is 34.2 Å². The molecule has 0 amide bonds. The van der Waals surface area contributed by atoms with Gasteiger partial charge >= 0.3 is 0 Å². The molecule has 2 aliphatic rings. The maximum absolute atomic E-state index is 13.8. The lowest BCUT2D eigenvalue weighted by Gasteiger charge is -2.23. The number of hydrogen-bond donors (Lipinski definition) is 1. The van der Waals surface area contributed by atoms with Gasteiger partial charge in [0, 0.05) is 5.75 Å². The molecule has 0 bridgehead atoms. The van der Waals surface area contributed by atoms with Crippen molar-refractivity contribution in [3.63, 3.8) is 0 Å². The van der Waals surface area contributed by atoms with Crippen LogP contribution in [0, 0.1) is 11.7 Å². The molecule has 0 saturated heterocycles. The van der Waals surface area contributed by atoms with Crippen molar-refractivity contribution < 1.29 is 4.39 Å². The third-order valence-electron chi connectivity index (χ3n) is 3.53. The number of halogens is 2. The fourth-order valence-electron chi connectivity index (χ4n) is 2.54. The van der Waals surface area contributed by atoms with Crippen LogP contribution in [0.15, 0.2) is 23.2 Å². The number of amidine groups is 1. The zero-order valence-corrected chi connectivity index (χ0v) is 11.4. The first-order valence-corrected chi connectivity index (χ1v) is 7.52. The van der Waals surface area contributed by atoms with E-state index in [2.05, 4.69) is 10.3 Å². The molecule has 2 nitrogen and oxygen atoms in total. The average molecular weight is 285 g/mol. The van der Waals surface area contributed by atoms with E-state index in [0.717, 1.165) is 17.3 Å². The Morgan fingerprint density at radius 2 is 2.28 bits per heavy atom. The van der Waals surface area contributed by atoms with Crippen LogP contribution in [0.2, 0.25) is 5.02 Å². The highest BCUT2D eigenvalue weighted by atomic mass is 35.5. The Kier molecular flexibility index (Phi) is 3.48. The van der Waals surface area contributed by atoms with Crippen LogP contribution >= 0.6 is 23.4 Å². The molecule has 1 heterocycles. The highest BCUT2D eigenvalue weighted by Crippen LogP contribution is 2.36. The van der Waals surface area contributed by atoms with Crippen molar-refractivity contribution in [2.24, 2.45) is 10.9 Å². The van der Waals surface area contributed by atoms with Crippen molar-refractivity contribution in [1.29, 1.82) is 0 Å². The standard InChI is InChI=1S/C13H14ClFN2S/c14-9-4-2-6-11(12(9)15)17-13-16-10-5-1-3-8(10)7-18-13/h2,4,6,8,10H,1,3,5,7H2,(H,16,17). The highest BCUT2D eigenvalue weighted by Gasteiger charge is 2.31. The van der Waals surface area contributed by atoms with E-state index in [9.17, 15) is 4.39 Å². The van der Waals surface area contributed by atoms with Crippen molar-refractivity contribution in [3.05, 3.63) is 29.0 Å². The normalized spacial score (nSPS) is 26.7. The average Bonchev–Trinajstić information content (AvgIpc) is 2.82. The predicted molar refractivity (Wildman–Crippen MR) is 76.1 cm³/mol. The lowest BCUT2D eigenvalue weighted by atomic mass is 10.1. The molecule has 2 unspecified atom stereocenters. The number of benzene rings is 1. The second-order valence-corrected chi connectivity index (χ2v) is 6.15. The van der Waals surface area contributed by atoms with Crippen LogP contribution in [-0.4, -0.2) is 17.0 Å². The van der Waals surface area contributed by atoms with Gasteiger partial charge in [-0.15, -0.1) is 0 Å². The fourth-order valence-corrected chi connectivity index (χ4v) is 3.87. The summed E-state index contributed by atoms with van der Waals surface area (Å²) in [5, 5.41) is 4.01. The van der Waals surface area contributed by atoms with E-state index in [-0.39, 0.29) is 5.02 Å². The third kappa shape index (κ3) is 2.36. The maximum Gasteiger partial charge on any atom is 0.165 e. The van der Waals surface area contributed by atoms with Crippen LogP contribution < -0.4 is 5.32 Å². The first-order chi connectivity index (χ1) is 8.74. The van der Waals surface area contributed by atoms with Gasteiger partial charge in [-0.05, 0) is 30.9 Å². The van der Waals surface area contributed by atoms with Gasteiger partial charge in [-0.3, -0.25) is 4.99 Å². The van der Waals surface area contributed by atoms with Gasteiger partial charge in [0.05, 0.1) is 16.8 Å². The van der Waals surface area contributed by atoms with Crippen molar-refractivity contribution in [1.82, 2.24) is 0 Å². The molecule has 1 aromatic rings. The van der Waals surface area contributed by atoms with Crippen molar-refractivity contribution in [2.45, 2.75) is 25.3 Å². The van der Waals surface area contributed by atoms with Crippen LogP contribution in [0.25, 0.3) is 0 Å². The number of aliphatic imine (C=N–C) groups is 1. The minimum absolute atomic E-state index is 0.139. The van der Waals surface area contributed by atoms with E-state index < -0.39 is 5.82 Å². The molecule has 1 saturated carbocycles. The Morgan fingerprint density at radius 1 is 1.39 bits per heavy atom. The summed E-state index contributed by atoms with van der Waals surface area (Å²) in [7, 11) is 0. The molecule has 0 spiro atoms. The zero-order valence-electron chi connectivity index (χ0n) is 9.83. The van der Waals surface area contributed by atoms with Gasteiger partial charge in [0.15, 0.2) is 11.0 Å². The van der Waals surface area contributed by atoms with Crippen molar-refractivity contribution in [3.8, 4) is 0 Å². The molecule has 1 fully saturated rings. The molecule has 1 aromatic carbocycles. The predicted octanol–water partition coefficient (Wildman–Crippen LogP) is 4.16. The van der Waals surface area contributed by atoms with Crippen LogP contribution in [0.3, 0.4) is 0 Å². The topological polar surface area (TPSA) is 24.4 Å². The van der Waals surface area contributed by atoms with Gasteiger partial charge in [0.1, 0.15) is 0 Å². The number of thioether (sulfide) groups is 1. The molecule has 18 heavy (non-hydrogen) atoms. The summed E-state index contributed by atoms with van der Waals surface area (Å²) in [5.74, 6) is 1.39. The fraction of sp³-hybridized carbons (Fsp3) is 0.462. The largest absolute Gasteiger partial charge is 0.333 e. The Hall–Kier alpha value is -0.740. The van der Waals surface area contributed by atoms with E-state index in [1.807, 2.05) is 0 Å². The zero-order chi connectivity index (χ0) is 12.5. The lowest BCUT2D eigenvalue weighted by Crippen LogP contribution is -2.25. The second-order valence-electron chi connectivity index (χ2n) is 4.73. The molecule has 1 aliphatic heterocycles. The molecule has 5 heteroatoms. The highest BCUT2D eigenvalue weighted by molar-refractivity contribution is 8.14. The Labute approximate surface area is 115 Å². The summed E-state index contributed by atoms with van der Waals surface area (Å²) < 4.78 is 13.8. The first-order valence-electron chi connectivity index (χ1n) is 6.15. The van der Waals surface area contributed by atoms with E-state index in [0.29, 0.717) is 17.6 Å². The minimum atomic E-state index is -0.406. The van der Waals surface area contributed by atoms with E-state index >= 15 is 0 Å². The van der Waals surface area contributed by atoms with Crippen LogP contribution in [0.1, 0.15) is 19.3 Å². The molecule has 2 atom stereocenters. The lowest BCUT2D eigenvalue weighted by molar-refractivity contribution is 0.535. The van der Waals surface area contributed by atoms with Gasteiger partial charge in [-0.1, -0.05) is 35.9 Å². The molecule has 0 radical (unpaired) electrons. The molecular formula is C13H14ClFN2S. The molecule has 0 aromatic heterocycles. The SMILES string of the molecule is Fc1c(Cl)cccc1NC1=NC2CCCC2CS1. The second kappa shape index (κ2) is 5.10. The number of nitrogens with zero attached hydrogens (tertiary/aromatic N) is 1. The van der Waals surface area contributed by atoms with E-state index in [1.54, 1.807) is 30.0 Å².